The van der Waals surface area contributed by atoms with Gasteiger partial charge in [-0.3, -0.25) is 9.59 Å². The number of para-hydroxylation sites is 1. The van der Waals surface area contributed by atoms with Crippen LogP contribution in [0.5, 0.6) is 0 Å². The second-order valence-electron chi connectivity index (χ2n) is 7.46. The summed E-state index contributed by atoms with van der Waals surface area (Å²) in [4.78, 5) is 29.1. The van der Waals surface area contributed by atoms with Crippen LogP contribution in [-0.4, -0.2) is 62.7 Å². The van der Waals surface area contributed by atoms with Gasteiger partial charge in [-0.05, 0) is 48.7 Å². The highest BCUT2D eigenvalue weighted by Gasteiger charge is 2.19. The number of nitrogens with one attached hydrogen (secondary N) is 1. The molecule has 6 nitrogen and oxygen atoms in total. The highest BCUT2D eigenvalue weighted by molar-refractivity contribution is 5.97. The minimum absolute atomic E-state index is 0.0102. The summed E-state index contributed by atoms with van der Waals surface area (Å²) in [6, 6.07) is 15.4. The van der Waals surface area contributed by atoms with Crippen molar-refractivity contribution in [3.8, 4) is 0 Å². The van der Waals surface area contributed by atoms with Crippen molar-refractivity contribution >= 4 is 17.5 Å². The third kappa shape index (κ3) is 4.59. The van der Waals surface area contributed by atoms with Gasteiger partial charge < -0.3 is 19.9 Å². The standard InChI is InChI=1S/C23H27N3O3/c27-22(24-11-13-25-12-3-5-18-4-1-2-6-21(18)25)19-7-9-20(10-8-19)23(28)26-14-16-29-17-15-26/h1-2,4,6-10H,3,5,11-17H2,(H,24,27). The van der Waals surface area contributed by atoms with Crippen LogP contribution in [0.3, 0.4) is 0 Å². The van der Waals surface area contributed by atoms with E-state index in [2.05, 4.69) is 34.5 Å². The lowest BCUT2D eigenvalue weighted by molar-refractivity contribution is 0.0303. The maximum absolute atomic E-state index is 12.5. The van der Waals surface area contributed by atoms with E-state index in [1.807, 2.05) is 0 Å². The maximum Gasteiger partial charge on any atom is 0.254 e. The van der Waals surface area contributed by atoms with E-state index in [1.165, 1.54) is 11.3 Å². The summed E-state index contributed by atoms with van der Waals surface area (Å²) in [5, 5.41) is 3.00. The van der Waals surface area contributed by atoms with Gasteiger partial charge in [0.1, 0.15) is 0 Å². The summed E-state index contributed by atoms with van der Waals surface area (Å²) in [6.45, 7) is 4.77. The Hall–Kier alpha value is -2.86. The number of carbonyl (C=O) groups excluding carboxylic acids is 2. The van der Waals surface area contributed by atoms with Gasteiger partial charge in [0, 0.05) is 49.5 Å². The number of morpholine rings is 1. The molecule has 152 valence electrons. The Morgan fingerprint density at radius 3 is 2.45 bits per heavy atom. The minimum Gasteiger partial charge on any atom is -0.378 e. The average Bonchev–Trinajstić information content (AvgIpc) is 2.79. The van der Waals surface area contributed by atoms with E-state index in [0.29, 0.717) is 44.0 Å². The molecule has 2 aromatic rings. The molecule has 2 aliphatic rings. The molecule has 2 heterocycles. The molecule has 0 unspecified atom stereocenters. The monoisotopic (exact) mass is 393 g/mol. The summed E-state index contributed by atoms with van der Waals surface area (Å²) in [6.07, 6.45) is 2.26. The molecule has 2 amide bonds. The smallest absolute Gasteiger partial charge is 0.254 e. The van der Waals surface area contributed by atoms with Crippen molar-refractivity contribution in [3.63, 3.8) is 0 Å². The van der Waals surface area contributed by atoms with E-state index < -0.39 is 0 Å². The van der Waals surface area contributed by atoms with Crippen LogP contribution >= 0.6 is 0 Å². The highest BCUT2D eigenvalue weighted by atomic mass is 16.5. The number of carbonyl (C=O) groups is 2. The van der Waals surface area contributed by atoms with E-state index in [0.717, 1.165) is 25.9 Å². The van der Waals surface area contributed by atoms with Crippen LogP contribution in [0.1, 0.15) is 32.7 Å². The first-order valence-corrected chi connectivity index (χ1v) is 10.3. The molecule has 2 aliphatic heterocycles. The minimum atomic E-state index is -0.110. The molecule has 0 radical (unpaired) electrons. The number of ether oxygens (including phenoxy) is 1. The fourth-order valence-electron chi connectivity index (χ4n) is 3.96. The third-order valence-electron chi connectivity index (χ3n) is 5.57. The number of aryl methyl sites for hydroxylation is 1. The van der Waals surface area contributed by atoms with Crippen LogP contribution in [0.4, 0.5) is 5.69 Å². The fourth-order valence-corrected chi connectivity index (χ4v) is 3.96. The van der Waals surface area contributed by atoms with Gasteiger partial charge in [-0.1, -0.05) is 18.2 Å². The largest absolute Gasteiger partial charge is 0.378 e. The topological polar surface area (TPSA) is 61.9 Å². The predicted molar refractivity (Wildman–Crippen MR) is 112 cm³/mol. The lowest BCUT2D eigenvalue weighted by atomic mass is 10.0. The summed E-state index contributed by atoms with van der Waals surface area (Å²) >= 11 is 0. The first-order chi connectivity index (χ1) is 14.2. The first kappa shape index (κ1) is 19.5. The molecule has 1 fully saturated rings. The van der Waals surface area contributed by atoms with Crippen molar-refractivity contribution in [2.24, 2.45) is 0 Å². The second kappa shape index (κ2) is 9.09. The molecular weight excluding hydrogens is 366 g/mol. The maximum atomic E-state index is 12.5. The molecular formula is C23H27N3O3. The molecule has 29 heavy (non-hydrogen) atoms. The van der Waals surface area contributed by atoms with E-state index in [1.54, 1.807) is 29.2 Å². The predicted octanol–water partition coefficient (Wildman–Crippen LogP) is 2.34. The molecule has 0 aromatic heterocycles. The number of amides is 2. The molecule has 6 heteroatoms. The number of fused-ring (bicyclic) bond motifs is 1. The lowest BCUT2D eigenvalue weighted by Crippen LogP contribution is -2.40. The van der Waals surface area contributed by atoms with Gasteiger partial charge in [0.25, 0.3) is 11.8 Å². The molecule has 1 N–H and O–H groups in total. The Kier molecular flexibility index (Phi) is 6.10. The molecule has 0 bridgehead atoms. The molecule has 0 saturated carbocycles. The zero-order chi connectivity index (χ0) is 20.1. The Morgan fingerprint density at radius 2 is 1.66 bits per heavy atom. The van der Waals surface area contributed by atoms with E-state index in [4.69, 9.17) is 4.74 Å². The van der Waals surface area contributed by atoms with Gasteiger partial charge in [0.15, 0.2) is 0 Å². The fraction of sp³-hybridized carbons (Fsp3) is 0.391. The van der Waals surface area contributed by atoms with E-state index in [-0.39, 0.29) is 11.8 Å². The molecule has 0 atom stereocenters. The molecule has 0 aliphatic carbocycles. The van der Waals surface area contributed by atoms with Gasteiger partial charge in [0.2, 0.25) is 0 Å². The molecule has 1 saturated heterocycles. The van der Waals surface area contributed by atoms with Crippen LogP contribution < -0.4 is 10.2 Å². The molecule has 2 aromatic carbocycles. The first-order valence-electron chi connectivity index (χ1n) is 10.3. The Morgan fingerprint density at radius 1 is 0.931 bits per heavy atom. The summed E-state index contributed by atoms with van der Waals surface area (Å²) in [5.74, 6) is -0.121. The van der Waals surface area contributed by atoms with E-state index >= 15 is 0 Å². The number of hydrogen-bond donors (Lipinski definition) is 1. The van der Waals surface area contributed by atoms with Crippen molar-refractivity contribution in [2.75, 3.05) is 50.8 Å². The van der Waals surface area contributed by atoms with Crippen molar-refractivity contribution in [2.45, 2.75) is 12.8 Å². The van der Waals surface area contributed by atoms with E-state index in [9.17, 15) is 9.59 Å². The number of nitrogens with zero attached hydrogens (tertiary/aromatic N) is 2. The number of anilines is 1. The van der Waals surface area contributed by atoms with Crippen LogP contribution in [-0.2, 0) is 11.2 Å². The van der Waals surface area contributed by atoms with Crippen molar-refractivity contribution in [1.82, 2.24) is 10.2 Å². The summed E-state index contributed by atoms with van der Waals surface area (Å²) in [5.41, 5.74) is 3.83. The van der Waals surface area contributed by atoms with Gasteiger partial charge in [-0.15, -0.1) is 0 Å². The van der Waals surface area contributed by atoms with Crippen LogP contribution in [0.25, 0.3) is 0 Å². The second-order valence-corrected chi connectivity index (χ2v) is 7.46. The van der Waals surface area contributed by atoms with Gasteiger partial charge in [-0.25, -0.2) is 0 Å². The quantitative estimate of drug-likeness (QED) is 0.847. The Labute approximate surface area is 171 Å². The van der Waals surface area contributed by atoms with Gasteiger partial charge >= 0.3 is 0 Å². The lowest BCUT2D eigenvalue weighted by Gasteiger charge is -2.31. The number of rotatable bonds is 5. The third-order valence-corrected chi connectivity index (χ3v) is 5.57. The van der Waals surface area contributed by atoms with Crippen LogP contribution in [0.2, 0.25) is 0 Å². The number of hydrogen-bond acceptors (Lipinski definition) is 4. The normalized spacial score (nSPS) is 16.3. The van der Waals surface area contributed by atoms with Crippen molar-refractivity contribution in [1.29, 1.82) is 0 Å². The average molecular weight is 393 g/mol. The van der Waals surface area contributed by atoms with Gasteiger partial charge in [-0.2, -0.15) is 0 Å². The van der Waals surface area contributed by atoms with Crippen LogP contribution in [0.15, 0.2) is 48.5 Å². The SMILES string of the molecule is O=C(NCCN1CCCc2ccccc21)c1ccc(C(=O)N2CCOCC2)cc1. The molecule has 4 rings (SSSR count). The van der Waals surface area contributed by atoms with Gasteiger partial charge in [0.05, 0.1) is 13.2 Å². The summed E-state index contributed by atoms with van der Waals surface area (Å²) < 4.78 is 5.29. The zero-order valence-electron chi connectivity index (χ0n) is 16.6. The Balaban J connectivity index is 1.30. The Bertz CT molecular complexity index is 860. The van der Waals surface area contributed by atoms with Crippen molar-refractivity contribution < 1.29 is 14.3 Å². The zero-order valence-corrected chi connectivity index (χ0v) is 16.6. The van der Waals surface area contributed by atoms with Crippen LogP contribution in [0, 0.1) is 0 Å². The van der Waals surface area contributed by atoms with Crippen molar-refractivity contribution in [3.05, 3.63) is 65.2 Å². The highest BCUT2D eigenvalue weighted by Crippen LogP contribution is 2.26. The molecule has 0 spiro atoms. The number of benzene rings is 2. The summed E-state index contributed by atoms with van der Waals surface area (Å²) in [7, 11) is 0.